The van der Waals surface area contributed by atoms with Gasteiger partial charge in [0.05, 0.1) is 6.10 Å². The standard InChI is InChI=1S/C15H23FN2O3/c1-14(2,3)21-13(20)15(17,18)12(19)9-6-10-4-7-11(16)8-5-10/h4-5,7-8,12,19H,6,9,17-18H2,1-3H3. The van der Waals surface area contributed by atoms with Crippen LogP contribution in [0.2, 0.25) is 0 Å². The Labute approximate surface area is 124 Å². The van der Waals surface area contributed by atoms with E-state index >= 15 is 0 Å². The molecule has 0 aromatic heterocycles. The van der Waals surface area contributed by atoms with E-state index in [0.29, 0.717) is 6.42 Å². The molecule has 0 aliphatic carbocycles. The smallest absolute Gasteiger partial charge is 0.344 e. The number of carbonyl (C=O) groups is 1. The van der Waals surface area contributed by atoms with Gasteiger partial charge in [-0.1, -0.05) is 12.1 Å². The van der Waals surface area contributed by atoms with Crippen LogP contribution in [0.4, 0.5) is 4.39 Å². The SMILES string of the molecule is CC(C)(C)OC(=O)C(N)(N)C(O)CCc1ccc(F)cc1. The van der Waals surface area contributed by atoms with Crippen LogP contribution < -0.4 is 11.5 Å². The van der Waals surface area contributed by atoms with Crippen molar-refractivity contribution in [3.8, 4) is 0 Å². The van der Waals surface area contributed by atoms with Crippen LogP contribution in [-0.4, -0.2) is 28.4 Å². The fraction of sp³-hybridized carbons (Fsp3) is 0.533. The summed E-state index contributed by atoms with van der Waals surface area (Å²) in [6.07, 6.45) is -0.685. The van der Waals surface area contributed by atoms with Gasteiger partial charge >= 0.3 is 5.97 Å². The Morgan fingerprint density at radius 2 is 1.81 bits per heavy atom. The largest absolute Gasteiger partial charge is 0.458 e. The number of ether oxygens (including phenoxy) is 1. The van der Waals surface area contributed by atoms with Crippen LogP contribution in [0.5, 0.6) is 0 Å². The summed E-state index contributed by atoms with van der Waals surface area (Å²) < 4.78 is 17.9. The van der Waals surface area contributed by atoms with Crippen molar-refractivity contribution in [1.29, 1.82) is 0 Å². The number of rotatable bonds is 5. The summed E-state index contributed by atoms with van der Waals surface area (Å²) in [7, 11) is 0. The lowest BCUT2D eigenvalue weighted by molar-refractivity contribution is -0.166. The summed E-state index contributed by atoms with van der Waals surface area (Å²) in [6, 6.07) is 5.86. The first-order chi connectivity index (χ1) is 9.52. The molecule has 5 nitrogen and oxygen atoms in total. The van der Waals surface area contributed by atoms with Crippen LogP contribution in [-0.2, 0) is 16.0 Å². The topological polar surface area (TPSA) is 98.6 Å². The third-order valence-corrected chi connectivity index (χ3v) is 2.92. The van der Waals surface area contributed by atoms with Crippen molar-refractivity contribution < 1.29 is 19.0 Å². The molecular weight excluding hydrogens is 275 g/mol. The normalized spacial score (nSPS) is 13.9. The molecule has 0 spiro atoms. The van der Waals surface area contributed by atoms with Gasteiger partial charge < -0.3 is 21.3 Å². The predicted molar refractivity (Wildman–Crippen MR) is 77.7 cm³/mol. The second-order valence-corrected chi connectivity index (χ2v) is 6.12. The summed E-state index contributed by atoms with van der Waals surface area (Å²) in [6.45, 7) is 5.06. The lowest BCUT2D eigenvalue weighted by Crippen LogP contribution is -2.66. The molecule has 0 bridgehead atoms. The number of carbonyl (C=O) groups excluding carboxylic acids is 1. The molecule has 21 heavy (non-hydrogen) atoms. The van der Waals surface area contributed by atoms with Crippen molar-refractivity contribution in [2.24, 2.45) is 11.5 Å². The first-order valence-electron chi connectivity index (χ1n) is 6.76. The lowest BCUT2D eigenvalue weighted by Gasteiger charge is -2.31. The molecule has 6 heteroatoms. The van der Waals surface area contributed by atoms with E-state index in [-0.39, 0.29) is 12.2 Å². The molecule has 5 N–H and O–H groups in total. The van der Waals surface area contributed by atoms with Gasteiger partial charge in [-0.2, -0.15) is 0 Å². The van der Waals surface area contributed by atoms with E-state index in [0.717, 1.165) is 5.56 Å². The van der Waals surface area contributed by atoms with Gasteiger partial charge in [-0.15, -0.1) is 0 Å². The Morgan fingerprint density at radius 1 is 1.29 bits per heavy atom. The highest BCUT2D eigenvalue weighted by Gasteiger charge is 2.40. The molecule has 1 unspecified atom stereocenters. The van der Waals surface area contributed by atoms with Gasteiger partial charge in [-0.25, -0.2) is 9.18 Å². The van der Waals surface area contributed by atoms with Crippen LogP contribution in [0.25, 0.3) is 0 Å². The molecule has 1 aromatic rings. The predicted octanol–water partition coefficient (Wildman–Crippen LogP) is 1.07. The van der Waals surface area contributed by atoms with Crippen molar-refractivity contribution in [3.63, 3.8) is 0 Å². The molecule has 0 aliphatic heterocycles. The van der Waals surface area contributed by atoms with Gasteiger partial charge in [0.25, 0.3) is 0 Å². The van der Waals surface area contributed by atoms with Crippen molar-refractivity contribution in [1.82, 2.24) is 0 Å². The molecule has 118 valence electrons. The van der Waals surface area contributed by atoms with Gasteiger partial charge in [0.2, 0.25) is 0 Å². The van der Waals surface area contributed by atoms with E-state index in [9.17, 15) is 14.3 Å². The molecule has 0 amide bonds. The molecule has 0 fully saturated rings. The monoisotopic (exact) mass is 298 g/mol. The minimum atomic E-state index is -1.98. The number of hydrogen-bond acceptors (Lipinski definition) is 5. The van der Waals surface area contributed by atoms with Crippen molar-refractivity contribution >= 4 is 5.97 Å². The summed E-state index contributed by atoms with van der Waals surface area (Å²) in [4.78, 5) is 11.9. The van der Waals surface area contributed by atoms with Gasteiger partial charge in [0, 0.05) is 0 Å². The van der Waals surface area contributed by atoms with Gasteiger partial charge in [-0.3, -0.25) is 0 Å². The third-order valence-electron chi connectivity index (χ3n) is 2.92. The van der Waals surface area contributed by atoms with Crippen LogP contribution in [0.1, 0.15) is 32.8 Å². The Hall–Kier alpha value is -1.50. The maximum Gasteiger partial charge on any atom is 0.344 e. The number of benzene rings is 1. The minimum absolute atomic E-state index is 0.165. The molecule has 0 saturated heterocycles. The van der Waals surface area contributed by atoms with Gasteiger partial charge in [-0.05, 0) is 51.3 Å². The Kier molecular flexibility index (Phi) is 5.44. The average molecular weight is 298 g/mol. The summed E-state index contributed by atoms with van der Waals surface area (Å²) in [5, 5.41) is 10.0. The maximum atomic E-state index is 12.8. The molecule has 0 radical (unpaired) electrons. The minimum Gasteiger partial charge on any atom is -0.458 e. The molecule has 0 heterocycles. The number of aliphatic hydroxyl groups excluding tert-OH is 1. The van der Waals surface area contributed by atoms with Crippen molar-refractivity contribution in [2.45, 2.75) is 51.0 Å². The number of esters is 1. The van der Waals surface area contributed by atoms with Crippen LogP contribution in [0.15, 0.2) is 24.3 Å². The van der Waals surface area contributed by atoms with Gasteiger partial charge in [0.15, 0.2) is 5.66 Å². The molecular formula is C15H23FN2O3. The molecule has 1 rings (SSSR count). The molecule has 0 saturated carbocycles. The Balaban J connectivity index is 2.62. The van der Waals surface area contributed by atoms with E-state index in [1.165, 1.54) is 12.1 Å². The Morgan fingerprint density at radius 3 is 2.29 bits per heavy atom. The summed E-state index contributed by atoms with van der Waals surface area (Å²) in [5.41, 5.74) is 9.48. The van der Waals surface area contributed by atoms with Gasteiger partial charge in [0.1, 0.15) is 11.4 Å². The first kappa shape index (κ1) is 17.6. The number of hydrogen-bond donors (Lipinski definition) is 3. The quantitative estimate of drug-likeness (QED) is 0.558. The fourth-order valence-electron chi connectivity index (χ4n) is 1.70. The summed E-state index contributed by atoms with van der Waals surface area (Å²) >= 11 is 0. The average Bonchev–Trinajstić information content (AvgIpc) is 2.35. The molecule has 0 aliphatic rings. The Bertz CT molecular complexity index is 481. The van der Waals surface area contributed by atoms with E-state index in [1.807, 2.05) is 0 Å². The number of aryl methyl sites for hydroxylation is 1. The zero-order chi connectivity index (χ0) is 16.3. The lowest BCUT2D eigenvalue weighted by atomic mass is 9.97. The zero-order valence-electron chi connectivity index (χ0n) is 12.6. The van der Waals surface area contributed by atoms with E-state index in [2.05, 4.69) is 0 Å². The van der Waals surface area contributed by atoms with Crippen molar-refractivity contribution in [3.05, 3.63) is 35.6 Å². The first-order valence-corrected chi connectivity index (χ1v) is 6.76. The fourth-order valence-corrected chi connectivity index (χ4v) is 1.70. The van der Waals surface area contributed by atoms with Crippen LogP contribution in [0, 0.1) is 5.82 Å². The number of aliphatic hydroxyl groups is 1. The number of halogens is 1. The highest BCUT2D eigenvalue weighted by atomic mass is 19.1. The molecule has 1 aromatic carbocycles. The molecule has 1 atom stereocenters. The van der Waals surface area contributed by atoms with E-state index in [4.69, 9.17) is 16.2 Å². The number of nitrogens with two attached hydrogens (primary N) is 2. The van der Waals surface area contributed by atoms with E-state index in [1.54, 1.807) is 32.9 Å². The van der Waals surface area contributed by atoms with Crippen LogP contribution >= 0.6 is 0 Å². The maximum absolute atomic E-state index is 12.8. The summed E-state index contributed by atoms with van der Waals surface area (Å²) in [5.74, 6) is -1.19. The van der Waals surface area contributed by atoms with Crippen molar-refractivity contribution in [2.75, 3.05) is 0 Å². The zero-order valence-corrected chi connectivity index (χ0v) is 12.6. The second-order valence-electron chi connectivity index (χ2n) is 6.12. The highest BCUT2D eigenvalue weighted by molar-refractivity contribution is 5.80. The highest BCUT2D eigenvalue weighted by Crippen LogP contribution is 2.16. The van der Waals surface area contributed by atoms with E-state index < -0.39 is 23.3 Å². The second kappa shape index (κ2) is 6.51. The van der Waals surface area contributed by atoms with Crippen LogP contribution in [0.3, 0.4) is 0 Å². The third kappa shape index (κ3) is 5.41.